The van der Waals surface area contributed by atoms with Crippen molar-refractivity contribution in [2.24, 2.45) is 0 Å². The van der Waals surface area contributed by atoms with E-state index in [-0.39, 0.29) is 11.3 Å². The Morgan fingerprint density at radius 3 is 2.44 bits per heavy atom. The number of phenols is 1. The zero-order valence-electron chi connectivity index (χ0n) is 18.4. The fourth-order valence-corrected chi connectivity index (χ4v) is 5.89. The summed E-state index contributed by atoms with van der Waals surface area (Å²) >= 11 is 2.47. The maximum Gasteiger partial charge on any atom is 0.296 e. The Hall–Kier alpha value is -3.76. The molecule has 0 fully saturated rings. The van der Waals surface area contributed by atoms with Crippen LogP contribution in [0.3, 0.4) is 0 Å². The molecule has 2 aromatic carbocycles. The van der Waals surface area contributed by atoms with Crippen LogP contribution in [0.25, 0.3) is 10.2 Å². The Balaban J connectivity index is 1.67. The van der Waals surface area contributed by atoms with Crippen LogP contribution >= 0.6 is 22.7 Å². The van der Waals surface area contributed by atoms with E-state index in [4.69, 9.17) is 4.74 Å². The lowest BCUT2D eigenvalue weighted by atomic mass is 9.95. The van der Waals surface area contributed by atoms with E-state index in [0.29, 0.717) is 37.5 Å². The number of carbonyl (C=O) groups is 2. The third-order valence-electron chi connectivity index (χ3n) is 5.56. The number of aromatic hydroxyl groups is 1. The van der Waals surface area contributed by atoms with Gasteiger partial charge in [-0.3, -0.25) is 14.5 Å². The van der Waals surface area contributed by atoms with Crippen LogP contribution in [0, 0.1) is 13.8 Å². The maximum absolute atomic E-state index is 13.6. The number of rotatable bonds is 5. The summed E-state index contributed by atoms with van der Waals surface area (Å²) < 4.78 is 6.08. The highest BCUT2D eigenvalue weighted by Crippen LogP contribution is 2.45. The number of carbonyl (C=O) groups excluding carboxylic acids is 2. The molecule has 2 aromatic heterocycles. The Morgan fingerprint density at radius 2 is 1.79 bits per heavy atom. The highest BCUT2D eigenvalue weighted by atomic mass is 32.1. The number of aliphatic hydroxyl groups excluding tert-OH is 1. The van der Waals surface area contributed by atoms with Crippen molar-refractivity contribution >= 4 is 49.7 Å². The van der Waals surface area contributed by atoms with Gasteiger partial charge >= 0.3 is 0 Å². The molecule has 1 atom stereocenters. The van der Waals surface area contributed by atoms with Gasteiger partial charge in [-0.2, -0.15) is 0 Å². The van der Waals surface area contributed by atoms with Crippen LogP contribution in [0.15, 0.2) is 53.8 Å². The molecule has 1 amide bonds. The monoisotopic (exact) mass is 493 g/mol. The second-order valence-corrected chi connectivity index (χ2v) is 9.95. The Kier molecular flexibility index (Phi) is 5.34. The molecular formula is C24H19N3O5S2. The number of Topliss-reactive ketones (excluding diaryl/α,β-unsaturated/α-hetero) is 1. The van der Waals surface area contributed by atoms with Gasteiger partial charge in [0, 0.05) is 0 Å². The number of phenolic OH excluding ortho intramolecular Hbond substituents is 1. The van der Waals surface area contributed by atoms with E-state index in [9.17, 15) is 19.8 Å². The molecule has 1 aliphatic heterocycles. The van der Waals surface area contributed by atoms with E-state index in [1.54, 1.807) is 45.2 Å². The zero-order chi connectivity index (χ0) is 24.1. The van der Waals surface area contributed by atoms with Crippen LogP contribution in [0.1, 0.15) is 32.0 Å². The van der Waals surface area contributed by atoms with Gasteiger partial charge in [0.15, 0.2) is 10.9 Å². The SMILES string of the molecule is COc1ccc2nc(N3C(=O)C(O)=C(C(=O)c4sc(C)nc4C)C3c3ccc(O)cc3)sc2c1. The molecule has 172 valence electrons. The molecule has 0 saturated carbocycles. The zero-order valence-corrected chi connectivity index (χ0v) is 20.0. The van der Waals surface area contributed by atoms with Gasteiger partial charge in [0.1, 0.15) is 11.5 Å². The number of anilines is 1. The summed E-state index contributed by atoms with van der Waals surface area (Å²) in [4.78, 5) is 37.6. The molecule has 1 unspecified atom stereocenters. The number of benzene rings is 2. The molecule has 34 heavy (non-hydrogen) atoms. The predicted molar refractivity (Wildman–Crippen MR) is 130 cm³/mol. The minimum absolute atomic E-state index is 0.0423. The largest absolute Gasteiger partial charge is 0.508 e. The van der Waals surface area contributed by atoms with Crippen molar-refractivity contribution in [2.45, 2.75) is 19.9 Å². The molecule has 2 N–H and O–H groups in total. The van der Waals surface area contributed by atoms with Crippen molar-refractivity contribution in [3.63, 3.8) is 0 Å². The van der Waals surface area contributed by atoms with Gasteiger partial charge in [-0.1, -0.05) is 23.5 Å². The van der Waals surface area contributed by atoms with Crippen LogP contribution in [0.5, 0.6) is 11.5 Å². The lowest BCUT2D eigenvalue weighted by Gasteiger charge is -2.24. The molecule has 3 heterocycles. The molecule has 10 heteroatoms. The highest BCUT2D eigenvalue weighted by molar-refractivity contribution is 7.22. The molecule has 8 nitrogen and oxygen atoms in total. The molecular weight excluding hydrogens is 474 g/mol. The van der Waals surface area contributed by atoms with Crippen molar-refractivity contribution < 1.29 is 24.5 Å². The molecule has 0 bridgehead atoms. The molecule has 5 rings (SSSR count). The molecule has 0 aliphatic carbocycles. The third kappa shape index (κ3) is 3.51. The van der Waals surface area contributed by atoms with Crippen LogP contribution < -0.4 is 9.64 Å². The molecule has 4 aromatic rings. The summed E-state index contributed by atoms with van der Waals surface area (Å²) in [5, 5.41) is 21.7. The number of aryl methyl sites for hydroxylation is 2. The second-order valence-electron chi connectivity index (χ2n) is 7.74. The van der Waals surface area contributed by atoms with E-state index in [0.717, 1.165) is 4.70 Å². The Bertz CT molecular complexity index is 1490. The summed E-state index contributed by atoms with van der Waals surface area (Å²) in [5.41, 5.74) is 1.70. The van der Waals surface area contributed by atoms with E-state index >= 15 is 0 Å². The van der Waals surface area contributed by atoms with Crippen LogP contribution in [-0.2, 0) is 4.79 Å². The highest BCUT2D eigenvalue weighted by Gasteiger charge is 2.46. The smallest absolute Gasteiger partial charge is 0.296 e. The van der Waals surface area contributed by atoms with E-state index < -0.39 is 23.5 Å². The number of amides is 1. The van der Waals surface area contributed by atoms with Crippen LogP contribution in [0.4, 0.5) is 5.13 Å². The molecule has 0 spiro atoms. The third-order valence-corrected chi connectivity index (χ3v) is 7.65. The van der Waals surface area contributed by atoms with Gasteiger partial charge in [-0.05, 0) is 49.7 Å². The fourth-order valence-electron chi connectivity index (χ4n) is 3.99. The Labute approximate surface area is 202 Å². The van der Waals surface area contributed by atoms with Gasteiger partial charge in [0.2, 0.25) is 5.78 Å². The summed E-state index contributed by atoms with van der Waals surface area (Å²) in [6, 6.07) is 10.6. The first-order valence-electron chi connectivity index (χ1n) is 10.3. The lowest BCUT2D eigenvalue weighted by molar-refractivity contribution is -0.117. The summed E-state index contributed by atoms with van der Waals surface area (Å²) in [7, 11) is 1.57. The van der Waals surface area contributed by atoms with E-state index in [1.165, 1.54) is 39.7 Å². The topological polar surface area (TPSA) is 113 Å². The number of methoxy groups -OCH3 is 1. The van der Waals surface area contributed by atoms with Crippen molar-refractivity contribution in [2.75, 3.05) is 12.0 Å². The van der Waals surface area contributed by atoms with Gasteiger partial charge in [0.05, 0.1) is 44.5 Å². The number of aliphatic hydroxyl groups is 1. The number of hydrogen-bond donors (Lipinski definition) is 2. The summed E-state index contributed by atoms with van der Waals surface area (Å²) in [5.74, 6) is -1.10. The first kappa shape index (κ1) is 22.1. The average molecular weight is 494 g/mol. The maximum atomic E-state index is 13.6. The quantitative estimate of drug-likeness (QED) is 0.382. The molecule has 0 saturated heterocycles. The number of ketones is 1. The Morgan fingerprint density at radius 1 is 1.06 bits per heavy atom. The first-order valence-corrected chi connectivity index (χ1v) is 11.9. The van der Waals surface area contributed by atoms with Gasteiger partial charge in [0.25, 0.3) is 5.91 Å². The number of aromatic nitrogens is 2. The van der Waals surface area contributed by atoms with Crippen LogP contribution in [0.2, 0.25) is 0 Å². The summed E-state index contributed by atoms with van der Waals surface area (Å²) in [6.45, 7) is 3.51. The van der Waals surface area contributed by atoms with Crippen molar-refractivity contribution in [3.8, 4) is 11.5 Å². The van der Waals surface area contributed by atoms with Crippen molar-refractivity contribution in [1.82, 2.24) is 9.97 Å². The number of ether oxygens (including phenoxy) is 1. The predicted octanol–water partition coefficient (Wildman–Crippen LogP) is 4.87. The fraction of sp³-hybridized carbons (Fsp3) is 0.167. The van der Waals surface area contributed by atoms with E-state index in [2.05, 4.69) is 9.97 Å². The molecule has 0 radical (unpaired) electrons. The second kappa shape index (κ2) is 8.23. The number of fused-ring (bicyclic) bond motifs is 1. The first-order chi connectivity index (χ1) is 16.3. The lowest BCUT2D eigenvalue weighted by Crippen LogP contribution is -2.30. The van der Waals surface area contributed by atoms with Crippen LogP contribution in [-0.4, -0.2) is 39.0 Å². The number of nitrogens with zero attached hydrogens (tertiary/aromatic N) is 3. The minimum atomic E-state index is -0.926. The normalized spacial score (nSPS) is 16.0. The summed E-state index contributed by atoms with van der Waals surface area (Å²) in [6.07, 6.45) is 0. The van der Waals surface area contributed by atoms with Gasteiger partial charge < -0.3 is 14.9 Å². The minimum Gasteiger partial charge on any atom is -0.508 e. The van der Waals surface area contributed by atoms with Gasteiger partial charge in [-0.25, -0.2) is 9.97 Å². The van der Waals surface area contributed by atoms with Crippen molar-refractivity contribution in [3.05, 3.63) is 74.9 Å². The number of hydrogen-bond acceptors (Lipinski definition) is 9. The van der Waals surface area contributed by atoms with Gasteiger partial charge in [-0.15, -0.1) is 11.3 Å². The van der Waals surface area contributed by atoms with Crippen molar-refractivity contribution in [1.29, 1.82) is 0 Å². The van der Waals surface area contributed by atoms with E-state index in [1.807, 2.05) is 6.07 Å². The standard InChI is InChI=1S/C24H19N3O5S2/c1-11-22(33-12(2)25-11)20(29)18-19(13-4-6-14(28)7-5-13)27(23(31)21(18)30)24-26-16-9-8-15(32-3)10-17(16)34-24/h4-10,19,28,30H,1-3H3. The molecule has 1 aliphatic rings. The average Bonchev–Trinajstić information content (AvgIpc) is 3.46. The number of thiazole rings is 2.